The molecule has 1 aromatic carbocycles. The van der Waals surface area contributed by atoms with Crippen molar-refractivity contribution >= 4 is 21.6 Å². The summed E-state index contributed by atoms with van der Waals surface area (Å²) in [5.41, 5.74) is -0.209. The molecule has 0 amide bonds. The Balaban J connectivity index is 2.71. The Bertz CT molecular complexity index is 506. The van der Waals surface area contributed by atoms with Crippen molar-refractivity contribution in [1.29, 1.82) is 0 Å². The molecule has 0 saturated carbocycles. The van der Waals surface area contributed by atoms with E-state index in [1.807, 2.05) is 20.8 Å². The van der Waals surface area contributed by atoms with Crippen LogP contribution in [-0.2, 0) is 10.0 Å². The molecule has 4 nitrogen and oxygen atoms in total. The maximum absolute atomic E-state index is 11.2. The van der Waals surface area contributed by atoms with Crippen molar-refractivity contribution in [3.63, 3.8) is 0 Å². The molecule has 0 saturated heterocycles. The van der Waals surface area contributed by atoms with E-state index >= 15 is 0 Å². The van der Waals surface area contributed by atoms with Gasteiger partial charge in [-0.15, -0.1) is 0 Å². The van der Waals surface area contributed by atoms with Gasteiger partial charge in [-0.1, -0.05) is 32.4 Å². The Hall–Kier alpha value is -0.780. The zero-order valence-corrected chi connectivity index (χ0v) is 13.0. The molecule has 0 aliphatic rings. The first kappa shape index (κ1) is 16.3. The van der Waals surface area contributed by atoms with Crippen LogP contribution in [0.2, 0.25) is 5.02 Å². The molecule has 0 aromatic heterocycles. The first-order valence-electron chi connectivity index (χ1n) is 5.97. The highest BCUT2D eigenvalue weighted by atomic mass is 35.5. The van der Waals surface area contributed by atoms with Crippen LogP contribution in [0.25, 0.3) is 0 Å². The lowest BCUT2D eigenvalue weighted by Crippen LogP contribution is -2.35. The predicted molar refractivity (Wildman–Crippen MR) is 77.9 cm³/mol. The first-order chi connectivity index (χ1) is 8.58. The summed E-state index contributed by atoms with van der Waals surface area (Å²) >= 11 is 5.78. The van der Waals surface area contributed by atoms with Gasteiger partial charge in [0, 0.05) is 10.9 Å². The third kappa shape index (κ3) is 6.27. The van der Waals surface area contributed by atoms with E-state index in [1.165, 1.54) is 0 Å². The average molecular weight is 306 g/mol. The maximum Gasteiger partial charge on any atom is 0.209 e. The van der Waals surface area contributed by atoms with Crippen LogP contribution in [0, 0.1) is 11.3 Å². The quantitative estimate of drug-likeness (QED) is 0.909. The predicted octanol–water partition coefficient (Wildman–Crippen LogP) is 2.67. The van der Waals surface area contributed by atoms with E-state index in [4.69, 9.17) is 21.5 Å². The minimum absolute atomic E-state index is 0.0932. The van der Waals surface area contributed by atoms with E-state index in [2.05, 4.69) is 0 Å². The molecule has 6 heteroatoms. The van der Waals surface area contributed by atoms with Crippen LogP contribution >= 0.6 is 11.6 Å². The summed E-state index contributed by atoms with van der Waals surface area (Å²) in [6.45, 7) is 6.19. The third-order valence-electron chi connectivity index (χ3n) is 2.92. The van der Waals surface area contributed by atoms with E-state index in [-0.39, 0.29) is 17.1 Å². The molecule has 19 heavy (non-hydrogen) atoms. The van der Waals surface area contributed by atoms with Crippen molar-refractivity contribution in [1.82, 2.24) is 0 Å². The van der Waals surface area contributed by atoms with Gasteiger partial charge in [0.25, 0.3) is 0 Å². The molecular weight excluding hydrogens is 286 g/mol. The monoisotopic (exact) mass is 305 g/mol. The molecule has 0 heterocycles. The van der Waals surface area contributed by atoms with Crippen molar-refractivity contribution in [3.05, 3.63) is 29.3 Å². The minimum atomic E-state index is -3.52. The Morgan fingerprint density at radius 2 is 1.79 bits per heavy atom. The van der Waals surface area contributed by atoms with Gasteiger partial charge >= 0.3 is 0 Å². The number of primary sulfonamides is 1. The van der Waals surface area contributed by atoms with Crippen LogP contribution in [-0.4, -0.2) is 20.8 Å². The highest BCUT2D eigenvalue weighted by molar-refractivity contribution is 7.89. The van der Waals surface area contributed by atoms with Crippen LogP contribution in [0.3, 0.4) is 0 Å². The third-order valence-corrected chi connectivity index (χ3v) is 4.04. The number of hydrogen-bond acceptors (Lipinski definition) is 3. The van der Waals surface area contributed by atoms with Gasteiger partial charge in [-0.3, -0.25) is 0 Å². The van der Waals surface area contributed by atoms with Crippen molar-refractivity contribution in [2.24, 2.45) is 16.5 Å². The van der Waals surface area contributed by atoms with Crippen molar-refractivity contribution in [2.45, 2.75) is 20.8 Å². The highest BCUT2D eigenvalue weighted by Crippen LogP contribution is 2.28. The minimum Gasteiger partial charge on any atom is -0.493 e. The molecule has 0 bridgehead atoms. The van der Waals surface area contributed by atoms with Crippen molar-refractivity contribution in [2.75, 3.05) is 12.4 Å². The van der Waals surface area contributed by atoms with Crippen molar-refractivity contribution < 1.29 is 13.2 Å². The summed E-state index contributed by atoms with van der Waals surface area (Å²) in [5.74, 6) is 0.385. The van der Waals surface area contributed by atoms with Gasteiger partial charge in [-0.25, -0.2) is 13.6 Å². The second-order valence-electron chi connectivity index (χ2n) is 5.66. The Morgan fingerprint density at radius 3 is 2.21 bits per heavy atom. The molecule has 1 aromatic rings. The van der Waals surface area contributed by atoms with E-state index in [9.17, 15) is 8.42 Å². The fourth-order valence-electron chi connectivity index (χ4n) is 1.56. The van der Waals surface area contributed by atoms with Crippen LogP contribution in [0.15, 0.2) is 24.3 Å². The number of sulfonamides is 1. The lowest BCUT2D eigenvalue weighted by atomic mass is 9.82. The van der Waals surface area contributed by atoms with E-state index in [1.54, 1.807) is 24.3 Å². The lowest BCUT2D eigenvalue weighted by Gasteiger charge is -2.29. The molecular formula is C13H20ClNO3S. The summed E-state index contributed by atoms with van der Waals surface area (Å²) in [7, 11) is -3.52. The summed E-state index contributed by atoms with van der Waals surface area (Å²) in [6, 6.07) is 6.95. The van der Waals surface area contributed by atoms with Gasteiger partial charge in [0.1, 0.15) is 5.75 Å². The number of benzene rings is 1. The molecule has 1 unspecified atom stereocenters. The number of hydrogen-bond donors (Lipinski definition) is 1. The summed E-state index contributed by atoms with van der Waals surface area (Å²) in [6.07, 6.45) is 0. The SMILES string of the molecule is CC(C)(C)C(COc1ccc(Cl)cc1)CS(N)(=O)=O. The number of halogens is 1. The zero-order chi connectivity index (χ0) is 14.7. The highest BCUT2D eigenvalue weighted by Gasteiger charge is 2.29. The largest absolute Gasteiger partial charge is 0.493 e. The van der Waals surface area contributed by atoms with Crippen LogP contribution < -0.4 is 9.88 Å². The van der Waals surface area contributed by atoms with Crippen LogP contribution in [0.4, 0.5) is 0 Å². The number of nitrogens with two attached hydrogens (primary N) is 1. The fraction of sp³-hybridized carbons (Fsp3) is 0.538. The van der Waals surface area contributed by atoms with Gasteiger partial charge in [0.15, 0.2) is 0 Å². The summed E-state index contributed by atoms with van der Waals surface area (Å²) in [5, 5.41) is 5.75. The van der Waals surface area contributed by atoms with Crippen LogP contribution in [0.5, 0.6) is 5.75 Å². The first-order valence-corrected chi connectivity index (χ1v) is 8.06. The summed E-state index contributed by atoms with van der Waals surface area (Å²) < 4.78 is 28.1. The molecule has 0 fully saturated rings. The average Bonchev–Trinajstić information content (AvgIpc) is 2.23. The number of rotatable bonds is 5. The number of ether oxygens (including phenoxy) is 1. The van der Waals surface area contributed by atoms with Crippen molar-refractivity contribution in [3.8, 4) is 5.75 Å². The van der Waals surface area contributed by atoms with E-state index in [0.29, 0.717) is 17.4 Å². The second kappa shape index (κ2) is 6.11. The molecule has 0 spiro atoms. The Labute approximate surface area is 120 Å². The van der Waals surface area contributed by atoms with Gasteiger partial charge in [-0.05, 0) is 29.7 Å². The second-order valence-corrected chi connectivity index (χ2v) is 7.75. The molecule has 2 N–H and O–H groups in total. The smallest absolute Gasteiger partial charge is 0.209 e. The van der Waals surface area contributed by atoms with Crippen LogP contribution in [0.1, 0.15) is 20.8 Å². The zero-order valence-electron chi connectivity index (χ0n) is 11.4. The molecule has 0 aliphatic carbocycles. The van der Waals surface area contributed by atoms with E-state index < -0.39 is 10.0 Å². The molecule has 0 aliphatic heterocycles. The van der Waals surface area contributed by atoms with Gasteiger partial charge in [-0.2, -0.15) is 0 Å². The van der Waals surface area contributed by atoms with E-state index in [0.717, 1.165) is 0 Å². The standard InChI is InChI=1S/C13H20ClNO3S/c1-13(2,3)10(9-19(15,16)17)8-18-12-6-4-11(14)5-7-12/h4-7,10H,8-9H2,1-3H3,(H2,15,16,17). The molecule has 0 radical (unpaired) electrons. The molecule has 1 rings (SSSR count). The fourth-order valence-corrected chi connectivity index (χ4v) is 2.84. The van der Waals surface area contributed by atoms with Gasteiger partial charge in [0.2, 0.25) is 10.0 Å². The lowest BCUT2D eigenvalue weighted by molar-refractivity contribution is 0.163. The summed E-state index contributed by atoms with van der Waals surface area (Å²) in [4.78, 5) is 0. The Kier molecular flexibility index (Phi) is 5.24. The topological polar surface area (TPSA) is 69.4 Å². The maximum atomic E-state index is 11.2. The van der Waals surface area contributed by atoms with Gasteiger partial charge < -0.3 is 4.74 Å². The molecule has 1 atom stereocenters. The normalized spacial score (nSPS) is 14.2. The van der Waals surface area contributed by atoms with Gasteiger partial charge in [0.05, 0.1) is 12.4 Å². The molecule has 108 valence electrons. The Morgan fingerprint density at radius 1 is 1.26 bits per heavy atom.